The van der Waals surface area contributed by atoms with Gasteiger partial charge in [0.15, 0.2) is 5.58 Å². The van der Waals surface area contributed by atoms with Crippen molar-refractivity contribution in [3.8, 4) is 11.1 Å². The largest absolute Gasteiger partial charge is 0.454 e. The van der Waals surface area contributed by atoms with Gasteiger partial charge in [-0.05, 0) is 71.1 Å². The molecule has 0 atom stereocenters. The maximum Gasteiger partial charge on any atom is 0.159 e. The summed E-state index contributed by atoms with van der Waals surface area (Å²) in [5.41, 5.74) is 13.5. The molecule has 11 aromatic rings. The zero-order valence-corrected chi connectivity index (χ0v) is 28.3. The predicted octanol–water partition coefficient (Wildman–Crippen LogP) is 13.5. The zero-order valence-electron chi connectivity index (χ0n) is 28.3. The second-order valence-corrected chi connectivity index (χ2v) is 13.7. The SMILES string of the molecule is c1ccc(Cc2cc(-c3ccccc3)cc(N(c3cccc4c3oc3ccccc34)c3cccc4c3c3cccc5c6ccccc6n4c53)c2)cc1. The topological polar surface area (TPSA) is 20.8 Å². The summed E-state index contributed by atoms with van der Waals surface area (Å²) in [6, 6.07) is 65.7. The van der Waals surface area contributed by atoms with Gasteiger partial charge in [0.05, 0.1) is 27.9 Å². The van der Waals surface area contributed by atoms with E-state index in [1.165, 1.54) is 60.3 Å². The summed E-state index contributed by atoms with van der Waals surface area (Å²) < 4.78 is 9.24. The van der Waals surface area contributed by atoms with Crippen LogP contribution in [0.4, 0.5) is 17.1 Å². The Kier molecular flexibility index (Phi) is 6.31. The number of rotatable bonds is 6. The minimum absolute atomic E-state index is 0.820. The van der Waals surface area contributed by atoms with Crippen LogP contribution in [-0.2, 0) is 6.42 Å². The molecule has 244 valence electrons. The average molecular weight is 665 g/mol. The van der Waals surface area contributed by atoms with Crippen LogP contribution in [0, 0.1) is 0 Å². The molecule has 8 aromatic carbocycles. The second kappa shape index (κ2) is 11.3. The van der Waals surface area contributed by atoms with E-state index in [2.05, 4.69) is 185 Å². The highest BCUT2D eigenvalue weighted by molar-refractivity contribution is 6.26. The number of aromatic nitrogens is 1. The van der Waals surface area contributed by atoms with Crippen molar-refractivity contribution in [2.24, 2.45) is 0 Å². The van der Waals surface area contributed by atoms with Crippen molar-refractivity contribution in [2.75, 3.05) is 4.90 Å². The van der Waals surface area contributed by atoms with E-state index in [-0.39, 0.29) is 0 Å². The lowest BCUT2D eigenvalue weighted by molar-refractivity contribution is 0.669. The van der Waals surface area contributed by atoms with Crippen molar-refractivity contribution in [1.29, 1.82) is 0 Å². The standard InChI is InChI=1S/C49H32N2O/c1-3-14-32(15-4-1)28-33-29-35(34-16-5-2-6-17-34)31-36(30-33)50(45-26-12-21-40-38-19-8-10-27-46(38)52-49(40)45)43-24-13-25-44-47(43)41-22-11-20-39-37-18-7-9-23-42(37)51(44)48(39)41/h1-27,29-31H,28H2. The van der Waals surface area contributed by atoms with Gasteiger partial charge in [-0.25, -0.2) is 0 Å². The molecule has 0 fully saturated rings. The van der Waals surface area contributed by atoms with Gasteiger partial charge in [0.2, 0.25) is 0 Å². The normalized spacial score (nSPS) is 11.9. The number of hydrogen-bond donors (Lipinski definition) is 0. The van der Waals surface area contributed by atoms with Gasteiger partial charge in [-0.3, -0.25) is 0 Å². The number of para-hydroxylation sites is 4. The van der Waals surface area contributed by atoms with Crippen molar-refractivity contribution >= 4 is 77.1 Å². The lowest BCUT2D eigenvalue weighted by atomic mass is 9.97. The smallest absolute Gasteiger partial charge is 0.159 e. The Morgan fingerprint density at radius 1 is 0.442 bits per heavy atom. The highest BCUT2D eigenvalue weighted by Crippen LogP contribution is 2.49. The third-order valence-electron chi connectivity index (χ3n) is 10.7. The fraction of sp³-hybridized carbons (Fsp3) is 0.0204. The molecule has 11 rings (SSSR count). The minimum Gasteiger partial charge on any atom is -0.454 e. The van der Waals surface area contributed by atoms with Crippen molar-refractivity contribution in [1.82, 2.24) is 4.40 Å². The van der Waals surface area contributed by atoms with E-state index in [0.29, 0.717) is 0 Å². The highest BCUT2D eigenvalue weighted by Gasteiger charge is 2.25. The molecule has 0 saturated carbocycles. The molecule has 0 aliphatic carbocycles. The van der Waals surface area contributed by atoms with E-state index < -0.39 is 0 Å². The first-order chi connectivity index (χ1) is 25.8. The quantitative estimate of drug-likeness (QED) is 0.176. The Morgan fingerprint density at radius 2 is 1.10 bits per heavy atom. The summed E-state index contributed by atoms with van der Waals surface area (Å²) in [6.45, 7) is 0. The van der Waals surface area contributed by atoms with Gasteiger partial charge in [0.25, 0.3) is 0 Å². The number of anilines is 3. The molecule has 3 heteroatoms. The van der Waals surface area contributed by atoms with Crippen LogP contribution in [0.2, 0.25) is 0 Å². The molecule has 0 saturated heterocycles. The summed E-state index contributed by atoms with van der Waals surface area (Å²) >= 11 is 0. The lowest BCUT2D eigenvalue weighted by Gasteiger charge is -2.28. The summed E-state index contributed by atoms with van der Waals surface area (Å²) in [5.74, 6) is 0. The molecule has 0 aliphatic heterocycles. The molecule has 0 radical (unpaired) electrons. The first kappa shape index (κ1) is 28.9. The monoisotopic (exact) mass is 664 g/mol. The van der Waals surface area contributed by atoms with Crippen LogP contribution in [0.1, 0.15) is 11.1 Å². The molecule has 0 amide bonds. The minimum atomic E-state index is 0.820. The molecular weight excluding hydrogens is 633 g/mol. The third kappa shape index (κ3) is 4.33. The van der Waals surface area contributed by atoms with Crippen LogP contribution in [0.25, 0.3) is 71.2 Å². The molecule has 0 bridgehead atoms. The van der Waals surface area contributed by atoms with Gasteiger partial charge in [-0.15, -0.1) is 0 Å². The Hall–Kier alpha value is -6.84. The van der Waals surface area contributed by atoms with Gasteiger partial charge in [0, 0.05) is 38.0 Å². The first-order valence-corrected chi connectivity index (χ1v) is 17.9. The summed E-state index contributed by atoms with van der Waals surface area (Å²) in [7, 11) is 0. The number of hydrogen-bond acceptors (Lipinski definition) is 2. The molecule has 0 unspecified atom stereocenters. The van der Waals surface area contributed by atoms with Crippen LogP contribution in [0.3, 0.4) is 0 Å². The second-order valence-electron chi connectivity index (χ2n) is 13.7. The van der Waals surface area contributed by atoms with Gasteiger partial charge in [-0.1, -0.05) is 140 Å². The van der Waals surface area contributed by atoms with Gasteiger partial charge < -0.3 is 13.7 Å². The average Bonchev–Trinajstić information content (AvgIpc) is 3.87. The fourth-order valence-electron chi connectivity index (χ4n) is 8.50. The van der Waals surface area contributed by atoms with Crippen LogP contribution in [-0.4, -0.2) is 4.40 Å². The Morgan fingerprint density at radius 3 is 1.98 bits per heavy atom. The maximum absolute atomic E-state index is 6.78. The molecule has 0 N–H and O–H groups in total. The van der Waals surface area contributed by atoms with E-state index in [0.717, 1.165) is 45.4 Å². The maximum atomic E-state index is 6.78. The van der Waals surface area contributed by atoms with E-state index in [1.54, 1.807) is 0 Å². The van der Waals surface area contributed by atoms with Gasteiger partial charge >= 0.3 is 0 Å². The number of furan rings is 1. The zero-order chi connectivity index (χ0) is 34.2. The van der Waals surface area contributed by atoms with Crippen LogP contribution >= 0.6 is 0 Å². The van der Waals surface area contributed by atoms with E-state index in [4.69, 9.17) is 4.42 Å². The van der Waals surface area contributed by atoms with Crippen LogP contribution in [0.5, 0.6) is 0 Å². The van der Waals surface area contributed by atoms with Crippen LogP contribution < -0.4 is 4.90 Å². The Labute approximate surface area is 300 Å². The number of benzene rings is 8. The summed E-state index contributed by atoms with van der Waals surface area (Å²) in [5, 5.41) is 7.24. The lowest BCUT2D eigenvalue weighted by Crippen LogP contribution is -2.11. The number of nitrogens with zero attached hydrogens (tertiary/aromatic N) is 2. The van der Waals surface area contributed by atoms with Crippen molar-refractivity contribution in [2.45, 2.75) is 6.42 Å². The molecule has 52 heavy (non-hydrogen) atoms. The Bertz CT molecular complexity index is 3100. The van der Waals surface area contributed by atoms with Crippen molar-refractivity contribution in [3.63, 3.8) is 0 Å². The first-order valence-electron chi connectivity index (χ1n) is 17.9. The van der Waals surface area contributed by atoms with E-state index >= 15 is 0 Å². The molecule has 3 nitrogen and oxygen atoms in total. The Balaban J connectivity index is 1.26. The van der Waals surface area contributed by atoms with Crippen molar-refractivity contribution in [3.05, 3.63) is 193 Å². The predicted molar refractivity (Wildman–Crippen MR) is 218 cm³/mol. The van der Waals surface area contributed by atoms with Gasteiger partial charge in [-0.2, -0.15) is 0 Å². The summed E-state index contributed by atoms with van der Waals surface area (Å²) in [6.07, 6.45) is 0.820. The number of fused-ring (bicyclic) bond motifs is 9. The van der Waals surface area contributed by atoms with Crippen LogP contribution in [0.15, 0.2) is 186 Å². The molecule has 0 aliphatic rings. The fourth-order valence-corrected chi connectivity index (χ4v) is 8.50. The van der Waals surface area contributed by atoms with Crippen molar-refractivity contribution < 1.29 is 4.42 Å². The molecule has 3 aromatic heterocycles. The molecule has 3 heterocycles. The van der Waals surface area contributed by atoms with E-state index in [9.17, 15) is 0 Å². The van der Waals surface area contributed by atoms with E-state index in [1.807, 2.05) is 6.07 Å². The van der Waals surface area contributed by atoms with Gasteiger partial charge in [0.1, 0.15) is 5.58 Å². The molecular formula is C49H32N2O. The molecule has 0 spiro atoms. The summed E-state index contributed by atoms with van der Waals surface area (Å²) in [4.78, 5) is 2.44. The highest BCUT2D eigenvalue weighted by atomic mass is 16.3. The third-order valence-corrected chi connectivity index (χ3v) is 10.7.